The van der Waals surface area contributed by atoms with Gasteiger partial charge in [-0.1, -0.05) is 18.2 Å². The summed E-state index contributed by atoms with van der Waals surface area (Å²) in [7, 11) is 5.51. The first kappa shape index (κ1) is 16.4. The number of hydrogen-bond donors (Lipinski definition) is 1. The number of hydrogen-bond acceptors (Lipinski definition) is 2. The van der Waals surface area contributed by atoms with E-state index in [0.717, 1.165) is 24.3 Å². The maximum Gasteiger partial charge on any atom is 0.317 e. The van der Waals surface area contributed by atoms with Crippen LogP contribution >= 0.6 is 0 Å². The largest absolute Gasteiger partial charge is 0.496 e. The van der Waals surface area contributed by atoms with Crippen LogP contribution in [0.1, 0.15) is 24.1 Å². The molecular formula is C19H25N3O2. The fraction of sp³-hybridized carbons (Fsp3) is 0.421. The number of aromatic nitrogens is 1. The van der Waals surface area contributed by atoms with Crippen LogP contribution in [0.5, 0.6) is 5.75 Å². The van der Waals surface area contributed by atoms with Gasteiger partial charge in [-0.15, -0.1) is 0 Å². The fourth-order valence-electron chi connectivity index (χ4n) is 3.13. The molecule has 5 nitrogen and oxygen atoms in total. The lowest BCUT2D eigenvalue weighted by Crippen LogP contribution is -2.41. The van der Waals surface area contributed by atoms with Gasteiger partial charge in [0.2, 0.25) is 0 Å². The first-order valence-electron chi connectivity index (χ1n) is 8.28. The van der Waals surface area contributed by atoms with Gasteiger partial charge in [0.25, 0.3) is 0 Å². The Hall–Kier alpha value is -2.43. The minimum atomic E-state index is -0.0441. The van der Waals surface area contributed by atoms with E-state index in [-0.39, 0.29) is 11.4 Å². The molecule has 0 saturated heterocycles. The lowest BCUT2D eigenvalue weighted by atomic mass is 9.95. The molecule has 0 unspecified atom stereocenters. The van der Waals surface area contributed by atoms with Crippen molar-refractivity contribution in [3.8, 4) is 5.75 Å². The molecule has 0 spiro atoms. The van der Waals surface area contributed by atoms with Crippen molar-refractivity contribution in [2.75, 3.05) is 20.7 Å². The number of benzene rings is 1. The predicted molar refractivity (Wildman–Crippen MR) is 94.2 cm³/mol. The van der Waals surface area contributed by atoms with Crippen LogP contribution in [-0.4, -0.2) is 36.2 Å². The topological polar surface area (TPSA) is 46.5 Å². The van der Waals surface area contributed by atoms with Crippen molar-refractivity contribution in [2.45, 2.75) is 24.8 Å². The minimum absolute atomic E-state index is 0.0219. The number of carbonyl (C=O) groups is 1. The van der Waals surface area contributed by atoms with Crippen LogP contribution in [0.4, 0.5) is 4.79 Å². The molecule has 2 aromatic rings. The van der Waals surface area contributed by atoms with Crippen molar-refractivity contribution in [3.05, 3.63) is 53.9 Å². The number of nitrogens with zero attached hydrogens (tertiary/aromatic N) is 2. The Labute approximate surface area is 143 Å². The third-order valence-corrected chi connectivity index (χ3v) is 4.91. The molecule has 1 heterocycles. The third kappa shape index (κ3) is 3.25. The van der Waals surface area contributed by atoms with Gasteiger partial charge in [0.05, 0.1) is 13.7 Å². The van der Waals surface area contributed by atoms with E-state index in [1.807, 2.05) is 55.2 Å². The van der Waals surface area contributed by atoms with E-state index in [4.69, 9.17) is 4.74 Å². The number of ether oxygens (including phenoxy) is 1. The Morgan fingerprint density at radius 2 is 2.04 bits per heavy atom. The molecule has 24 heavy (non-hydrogen) atoms. The summed E-state index contributed by atoms with van der Waals surface area (Å²) < 4.78 is 7.51. The average Bonchev–Trinajstić information content (AvgIpc) is 3.29. The SMILES string of the molecule is COc1ccccc1C1(CNC(=O)N(C)Cc2cccn2C)CC1. The molecule has 0 atom stereocenters. The second-order valence-electron chi connectivity index (χ2n) is 6.61. The van der Waals surface area contributed by atoms with Crippen molar-refractivity contribution >= 4 is 6.03 Å². The van der Waals surface area contributed by atoms with Crippen LogP contribution in [0, 0.1) is 0 Å². The predicted octanol–water partition coefficient (Wildman–Crippen LogP) is 2.91. The van der Waals surface area contributed by atoms with Crippen molar-refractivity contribution in [2.24, 2.45) is 7.05 Å². The number of aryl methyl sites for hydroxylation is 1. The maximum atomic E-state index is 12.4. The quantitative estimate of drug-likeness (QED) is 0.887. The van der Waals surface area contributed by atoms with Crippen molar-refractivity contribution in [3.63, 3.8) is 0 Å². The molecule has 1 aliphatic rings. The summed E-state index contributed by atoms with van der Waals surface area (Å²) in [6, 6.07) is 12.1. The summed E-state index contributed by atoms with van der Waals surface area (Å²) >= 11 is 0. The van der Waals surface area contributed by atoms with E-state index in [0.29, 0.717) is 13.1 Å². The molecule has 0 bridgehead atoms. The first-order valence-corrected chi connectivity index (χ1v) is 8.28. The van der Waals surface area contributed by atoms with Crippen LogP contribution in [0.25, 0.3) is 0 Å². The first-order chi connectivity index (χ1) is 11.6. The highest BCUT2D eigenvalue weighted by Gasteiger charge is 2.46. The maximum absolute atomic E-state index is 12.4. The van der Waals surface area contributed by atoms with E-state index in [1.165, 1.54) is 5.56 Å². The van der Waals surface area contributed by atoms with Gasteiger partial charge in [-0.05, 0) is 31.0 Å². The number of carbonyl (C=O) groups excluding carboxylic acids is 1. The molecule has 1 N–H and O–H groups in total. The standard InChI is InChI=1S/C19H25N3O2/c1-21-12-6-7-15(21)13-22(2)18(23)20-14-19(10-11-19)16-8-4-5-9-17(16)24-3/h4-9,12H,10-11,13-14H2,1-3H3,(H,20,23). The van der Waals surface area contributed by atoms with Crippen molar-refractivity contribution in [1.29, 1.82) is 0 Å². The minimum Gasteiger partial charge on any atom is -0.496 e. The van der Waals surface area contributed by atoms with E-state index < -0.39 is 0 Å². The molecule has 0 aliphatic heterocycles. The van der Waals surface area contributed by atoms with Crippen LogP contribution in [0.2, 0.25) is 0 Å². The lowest BCUT2D eigenvalue weighted by molar-refractivity contribution is 0.205. The Balaban J connectivity index is 1.61. The van der Waals surface area contributed by atoms with Crippen molar-refractivity contribution < 1.29 is 9.53 Å². The zero-order chi connectivity index (χ0) is 17.2. The summed E-state index contributed by atoms with van der Waals surface area (Å²) in [4.78, 5) is 14.1. The summed E-state index contributed by atoms with van der Waals surface area (Å²) in [5.41, 5.74) is 2.32. The summed E-state index contributed by atoms with van der Waals surface area (Å²) in [6.07, 6.45) is 4.15. The molecule has 1 aromatic carbocycles. The summed E-state index contributed by atoms with van der Waals surface area (Å²) in [6.45, 7) is 1.24. The van der Waals surface area contributed by atoms with Crippen molar-refractivity contribution in [1.82, 2.24) is 14.8 Å². The molecule has 5 heteroatoms. The van der Waals surface area contributed by atoms with E-state index in [9.17, 15) is 4.79 Å². The third-order valence-electron chi connectivity index (χ3n) is 4.91. The van der Waals surface area contributed by atoms with E-state index in [1.54, 1.807) is 12.0 Å². The molecule has 2 amide bonds. The number of methoxy groups -OCH3 is 1. The van der Waals surface area contributed by atoms with Gasteiger partial charge in [-0.2, -0.15) is 0 Å². The second kappa shape index (κ2) is 6.59. The molecule has 1 aromatic heterocycles. The number of urea groups is 1. The zero-order valence-electron chi connectivity index (χ0n) is 14.6. The molecule has 1 saturated carbocycles. The van der Waals surface area contributed by atoms with Crippen LogP contribution in [0.3, 0.4) is 0 Å². The van der Waals surface area contributed by atoms with Gasteiger partial charge in [0.15, 0.2) is 0 Å². The van der Waals surface area contributed by atoms with Crippen LogP contribution < -0.4 is 10.1 Å². The van der Waals surface area contributed by atoms with Gasteiger partial charge >= 0.3 is 6.03 Å². The van der Waals surface area contributed by atoms with E-state index in [2.05, 4.69) is 11.4 Å². The number of rotatable bonds is 6. The number of nitrogens with one attached hydrogen (secondary N) is 1. The smallest absolute Gasteiger partial charge is 0.317 e. The van der Waals surface area contributed by atoms with Crippen LogP contribution in [-0.2, 0) is 19.0 Å². The molecule has 128 valence electrons. The molecule has 3 rings (SSSR count). The number of para-hydroxylation sites is 1. The number of amides is 2. The average molecular weight is 327 g/mol. The molecule has 1 fully saturated rings. The Bertz CT molecular complexity index is 719. The molecule has 1 aliphatic carbocycles. The monoisotopic (exact) mass is 327 g/mol. The lowest BCUT2D eigenvalue weighted by Gasteiger charge is -2.23. The van der Waals surface area contributed by atoms with Gasteiger partial charge in [-0.25, -0.2) is 4.79 Å². The van der Waals surface area contributed by atoms with Gasteiger partial charge in [0.1, 0.15) is 5.75 Å². The second-order valence-corrected chi connectivity index (χ2v) is 6.61. The summed E-state index contributed by atoms with van der Waals surface area (Å²) in [5, 5.41) is 3.09. The Morgan fingerprint density at radius 3 is 2.67 bits per heavy atom. The molecule has 0 radical (unpaired) electrons. The highest BCUT2D eigenvalue weighted by Crippen LogP contribution is 2.50. The summed E-state index contributed by atoms with van der Waals surface area (Å²) in [5.74, 6) is 0.904. The van der Waals surface area contributed by atoms with Gasteiger partial charge in [0, 0.05) is 43.5 Å². The zero-order valence-corrected chi connectivity index (χ0v) is 14.6. The fourth-order valence-corrected chi connectivity index (χ4v) is 3.13. The Kier molecular flexibility index (Phi) is 4.51. The normalized spacial score (nSPS) is 15.0. The molecular weight excluding hydrogens is 302 g/mol. The van der Waals surface area contributed by atoms with Gasteiger partial charge < -0.3 is 19.5 Å². The highest BCUT2D eigenvalue weighted by atomic mass is 16.5. The Morgan fingerprint density at radius 1 is 1.29 bits per heavy atom. The highest BCUT2D eigenvalue weighted by molar-refractivity contribution is 5.74. The van der Waals surface area contributed by atoms with E-state index >= 15 is 0 Å². The van der Waals surface area contributed by atoms with Gasteiger partial charge in [-0.3, -0.25) is 0 Å². The van der Waals surface area contributed by atoms with Crippen LogP contribution in [0.15, 0.2) is 42.6 Å².